The van der Waals surface area contributed by atoms with E-state index in [1.807, 2.05) is 49.4 Å². The molecular formula is C20H17NO4S2. The number of nitrogens with zero attached hydrogens (tertiary/aromatic N) is 1. The van der Waals surface area contributed by atoms with Gasteiger partial charge in [0, 0.05) is 5.56 Å². The highest BCUT2D eigenvalue weighted by atomic mass is 32.2. The van der Waals surface area contributed by atoms with Crippen LogP contribution in [0.1, 0.15) is 16.7 Å². The average molecular weight is 399 g/mol. The molecule has 0 saturated carbocycles. The van der Waals surface area contributed by atoms with Crippen molar-refractivity contribution in [3.05, 3.63) is 70.1 Å². The van der Waals surface area contributed by atoms with Gasteiger partial charge in [-0.05, 0) is 24.6 Å². The highest BCUT2D eigenvalue weighted by Crippen LogP contribution is 2.34. The van der Waals surface area contributed by atoms with Crippen LogP contribution in [0, 0.1) is 6.92 Å². The molecule has 0 unspecified atom stereocenters. The number of thioether (sulfide) groups is 1. The molecule has 1 aliphatic heterocycles. The number of benzene rings is 2. The fourth-order valence-electron chi connectivity index (χ4n) is 2.61. The predicted molar refractivity (Wildman–Crippen MR) is 109 cm³/mol. The molecule has 0 radical (unpaired) electrons. The molecule has 2 aromatic carbocycles. The number of aryl methyl sites for hydroxylation is 1. The van der Waals surface area contributed by atoms with Gasteiger partial charge in [-0.15, -0.1) is 0 Å². The number of rotatable bonds is 6. The van der Waals surface area contributed by atoms with Gasteiger partial charge in [0.05, 0.1) is 4.91 Å². The van der Waals surface area contributed by atoms with Crippen molar-refractivity contribution >= 4 is 46.3 Å². The Morgan fingerprint density at radius 3 is 2.78 bits per heavy atom. The van der Waals surface area contributed by atoms with Gasteiger partial charge in [0.15, 0.2) is 0 Å². The number of carbonyl (C=O) groups is 2. The van der Waals surface area contributed by atoms with Gasteiger partial charge in [0.2, 0.25) is 0 Å². The average Bonchev–Trinajstić information content (AvgIpc) is 2.88. The van der Waals surface area contributed by atoms with Crippen LogP contribution in [-0.2, 0) is 16.2 Å². The van der Waals surface area contributed by atoms with Gasteiger partial charge in [-0.25, -0.2) is 0 Å². The summed E-state index contributed by atoms with van der Waals surface area (Å²) >= 11 is 6.22. The summed E-state index contributed by atoms with van der Waals surface area (Å²) in [6.07, 6.45) is 1.69. The van der Waals surface area contributed by atoms with E-state index >= 15 is 0 Å². The third-order valence-corrected chi connectivity index (χ3v) is 5.23. The molecule has 0 aliphatic carbocycles. The lowest BCUT2D eigenvalue weighted by atomic mass is 10.1. The molecule has 1 fully saturated rings. The standard InChI is InChI=1S/C20H17NO4S2/c1-13-5-4-6-14(9-13)12-25-16-8-3-2-7-15(16)10-17-19(24)21(11-18(22)23)20(26)27-17/h2-10H,11-12H2,1H3,(H,22,23)/b17-10-. The maximum atomic E-state index is 12.4. The number of aliphatic carboxylic acids is 1. The van der Waals surface area contributed by atoms with Crippen LogP contribution in [0.2, 0.25) is 0 Å². The summed E-state index contributed by atoms with van der Waals surface area (Å²) in [5.74, 6) is -0.863. The van der Waals surface area contributed by atoms with Gasteiger partial charge in [-0.3, -0.25) is 14.5 Å². The van der Waals surface area contributed by atoms with Crippen LogP contribution >= 0.6 is 24.0 Å². The molecule has 7 heteroatoms. The Hall–Kier alpha value is -2.64. The predicted octanol–water partition coefficient (Wildman–Crippen LogP) is 3.86. The number of ether oxygens (including phenoxy) is 1. The first-order chi connectivity index (χ1) is 12.9. The molecular weight excluding hydrogens is 382 g/mol. The number of carboxylic acids is 1. The Bertz CT molecular complexity index is 939. The second-order valence-electron chi connectivity index (χ2n) is 5.98. The van der Waals surface area contributed by atoms with Crippen molar-refractivity contribution < 1.29 is 19.4 Å². The van der Waals surface area contributed by atoms with E-state index in [4.69, 9.17) is 22.1 Å². The number of amides is 1. The Kier molecular flexibility index (Phi) is 5.93. The molecule has 1 saturated heterocycles. The van der Waals surface area contributed by atoms with Crippen molar-refractivity contribution in [1.82, 2.24) is 4.90 Å². The molecule has 1 N–H and O–H groups in total. The highest BCUT2D eigenvalue weighted by molar-refractivity contribution is 8.26. The molecule has 1 amide bonds. The van der Waals surface area contributed by atoms with Gasteiger partial charge >= 0.3 is 5.97 Å². The minimum Gasteiger partial charge on any atom is -0.488 e. The summed E-state index contributed by atoms with van der Waals surface area (Å²) in [5.41, 5.74) is 2.95. The van der Waals surface area contributed by atoms with Gasteiger partial charge in [0.25, 0.3) is 5.91 Å². The van der Waals surface area contributed by atoms with Crippen molar-refractivity contribution in [3.63, 3.8) is 0 Å². The molecule has 138 valence electrons. The largest absolute Gasteiger partial charge is 0.488 e. The molecule has 0 spiro atoms. The van der Waals surface area contributed by atoms with E-state index in [-0.39, 0.29) is 4.32 Å². The van der Waals surface area contributed by atoms with Crippen LogP contribution in [0.3, 0.4) is 0 Å². The van der Waals surface area contributed by atoms with E-state index < -0.39 is 18.4 Å². The SMILES string of the molecule is Cc1cccc(COc2ccccc2/C=C2\SC(=S)N(CC(=O)O)C2=O)c1. The van der Waals surface area contributed by atoms with Crippen LogP contribution in [0.5, 0.6) is 5.75 Å². The van der Waals surface area contributed by atoms with Crippen molar-refractivity contribution in [2.24, 2.45) is 0 Å². The number of thiocarbonyl (C=S) groups is 1. The van der Waals surface area contributed by atoms with Crippen molar-refractivity contribution in [2.75, 3.05) is 6.54 Å². The van der Waals surface area contributed by atoms with E-state index in [0.717, 1.165) is 33.4 Å². The third kappa shape index (κ3) is 4.75. The quantitative estimate of drug-likeness (QED) is 0.588. The summed E-state index contributed by atoms with van der Waals surface area (Å²) < 4.78 is 6.18. The van der Waals surface area contributed by atoms with Gasteiger partial charge < -0.3 is 9.84 Å². The van der Waals surface area contributed by atoms with E-state index in [2.05, 4.69) is 6.07 Å². The van der Waals surface area contributed by atoms with Gasteiger partial charge in [-0.1, -0.05) is 72.0 Å². The molecule has 0 bridgehead atoms. The molecule has 0 atom stereocenters. The maximum Gasteiger partial charge on any atom is 0.323 e. The lowest BCUT2D eigenvalue weighted by molar-refractivity contribution is -0.140. The number of para-hydroxylation sites is 1. The minimum atomic E-state index is -1.10. The smallest absolute Gasteiger partial charge is 0.323 e. The van der Waals surface area contributed by atoms with E-state index in [1.165, 1.54) is 0 Å². The van der Waals surface area contributed by atoms with Crippen molar-refractivity contribution in [3.8, 4) is 5.75 Å². The molecule has 0 aromatic heterocycles. The second kappa shape index (κ2) is 8.37. The van der Waals surface area contributed by atoms with E-state index in [1.54, 1.807) is 6.08 Å². The second-order valence-corrected chi connectivity index (χ2v) is 7.65. The summed E-state index contributed by atoms with van der Waals surface area (Å²) in [7, 11) is 0. The third-order valence-electron chi connectivity index (χ3n) is 3.85. The molecule has 27 heavy (non-hydrogen) atoms. The monoisotopic (exact) mass is 399 g/mol. The Labute approximate surface area is 166 Å². The molecule has 3 rings (SSSR count). The van der Waals surface area contributed by atoms with Crippen molar-refractivity contribution in [2.45, 2.75) is 13.5 Å². The van der Waals surface area contributed by atoms with Gasteiger partial charge in [0.1, 0.15) is 23.2 Å². The van der Waals surface area contributed by atoms with Gasteiger partial charge in [-0.2, -0.15) is 0 Å². The summed E-state index contributed by atoms with van der Waals surface area (Å²) in [5, 5.41) is 8.93. The first-order valence-electron chi connectivity index (χ1n) is 8.18. The number of carboxylic acid groups (broad SMARTS) is 1. The van der Waals surface area contributed by atoms with Crippen LogP contribution < -0.4 is 4.74 Å². The first kappa shape index (κ1) is 19.1. The molecule has 2 aromatic rings. The van der Waals surface area contributed by atoms with Crippen molar-refractivity contribution in [1.29, 1.82) is 0 Å². The lowest BCUT2D eigenvalue weighted by Crippen LogP contribution is -2.33. The topological polar surface area (TPSA) is 66.8 Å². The maximum absolute atomic E-state index is 12.4. The summed E-state index contributed by atoms with van der Waals surface area (Å²) in [4.78, 5) is 24.8. The zero-order valence-corrected chi connectivity index (χ0v) is 16.2. The van der Waals surface area contributed by atoms with E-state index in [0.29, 0.717) is 17.3 Å². The number of hydrogen-bond donors (Lipinski definition) is 1. The summed E-state index contributed by atoms with van der Waals surface area (Å²) in [6, 6.07) is 15.4. The number of carbonyl (C=O) groups excluding carboxylic acids is 1. The zero-order valence-electron chi connectivity index (χ0n) is 14.5. The van der Waals surface area contributed by atoms with E-state index in [9.17, 15) is 9.59 Å². The fraction of sp³-hybridized carbons (Fsp3) is 0.150. The minimum absolute atomic E-state index is 0.242. The Morgan fingerprint density at radius 2 is 2.04 bits per heavy atom. The van der Waals surface area contributed by atoms with Crippen LogP contribution in [0.4, 0.5) is 0 Å². The molecule has 5 nitrogen and oxygen atoms in total. The normalized spacial score (nSPS) is 15.4. The summed E-state index contributed by atoms with van der Waals surface area (Å²) in [6.45, 7) is 2.00. The fourth-order valence-corrected chi connectivity index (χ4v) is 3.85. The molecule has 1 aliphatic rings. The lowest BCUT2D eigenvalue weighted by Gasteiger charge is -2.11. The first-order valence-corrected chi connectivity index (χ1v) is 9.41. The van der Waals surface area contributed by atoms with Crippen LogP contribution in [-0.4, -0.2) is 32.7 Å². The van der Waals surface area contributed by atoms with Crippen LogP contribution in [0.15, 0.2) is 53.4 Å². The highest BCUT2D eigenvalue weighted by Gasteiger charge is 2.33. The zero-order chi connectivity index (χ0) is 19.4. The Morgan fingerprint density at radius 1 is 1.26 bits per heavy atom. The number of hydrogen-bond acceptors (Lipinski definition) is 5. The Balaban J connectivity index is 1.80. The molecule has 1 heterocycles. The van der Waals surface area contributed by atoms with Crippen LogP contribution in [0.25, 0.3) is 6.08 Å².